The van der Waals surface area contributed by atoms with Crippen molar-refractivity contribution in [2.75, 3.05) is 20.3 Å². The lowest BCUT2D eigenvalue weighted by Gasteiger charge is -2.11. The van der Waals surface area contributed by atoms with Gasteiger partial charge in [0, 0.05) is 24.5 Å². The third kappa shape index (κ3) is 7.49. The molecule has 6 nitrogen and oxygen atoms in total. The van der Waals surface area contributed by atoms with Gasteiger partial charge in [0.1, 0.15) is 17.3 Å². The highest BCUT2D eigenvalue weighted by Crippen LogP contribution is 2.20. The van der Waals surface area contributed by atoms with Crippen LogP contribution in [0.3, 0.4) is 0 Å². The fourth-order valence-corrected chi connectivity index (χ4v) is 4.50. The maximum atomic E-state index is 12.4. The molecule has 0 aliphatic rings. The molecule has 1 heterocycles. The van der Waals surface area contributed by atoms with E-state index in [9.17, 15) is 4.79 Å². The molecule has 0 atom stereocenters. The maximum absolute atomic E-state index is 12.4. The van der Waals surface area contributed by atoms with Crippen LogP contribution in [0.25, 0.3) is 11.0 Å². The molecule has 0 saturated carbocycles. The second kappa shape index (κ2) is 13.7. The number of carbonyl (C=O) groups is 1. The quantitative estimate of drug-likeness (QED) is 0.188. The molecule has 194 valence electrons. The van der Waals surface area contributed by atoms with Gasteiger partial charge in [0.15, 0.2) is 0 Å². The number of halogens is 1. The summed E-state index contributed by atoms with van der Waals surface area (Å²) in [7, 11) is 1.58. The fraction of sp³-hybridized carbons (Fsp3) is 0.333. The zero-order chi connectivity index (χ0) is 25.9. The van der Waals surface area contributed by atoms with E-state index in [4.69, 9.17) is 26.1 Å². The van der Waals surface area contributed by atoms with E-state index in [1.54, 1.807) is 19.2 Å². The summed E-state index contributed by atoms with van der Waals surface area (Å²) in [4.78, 5) is 17.4. The fourth-order valence-electron chi connectivity index (χ4n) is 4.37. The van der Waals surface area contributed by atoms with E-state index in [2.05, 4.69) is 28.1 Å². The van der Waals surface area contributed by atoms with Crippen LogP contribution in [0.15, 0.2) is 72.8 Å². The maximum Gasteiger partial charge on any atom is 0.255 e. The van der Waals surface area contributed by atoms with E-state index in [1.807, 2.05) is 42.5 Å². The Kier molecular flexibility index (Phi) is 9.83. The molecule has 0 aliphatic carbocycles. The molecule has 4 rings (SSSR count). The second-order valence-electron chi connectivity index (χ2n) is 8.94. The molecule has 0 unspecified atom stereocenters. The number of unbranched alkanes of at least 4 members (excludes halogenated alkanes) is 3. The zero-order valence-corrected chi connectivity index (χ0v) is 22.0. The minimum atomic E-state index is -0.0979. The highest BCUT2D eigenvalue weighted by molar-refractivity contribution is 6.30. The van der Waals surface area contributed by atoms with Crippen molar-refractivity contribution in [1.29, 1.82) is 0 Å². The molecule has 1 aromatic heterocycles. The standard InChI is InChI=1S/C30H34ClN3O3/c1-36-28-14-7-4-11-25(28)30(35)32-20-8-2-3-15-29-33-26-12-5-6-13-27(26)34(29)21-9-10-22-37-24-18-16-23(31)17-19-24/h4-7,11-14,16-19H,2-3,8-10,15,20-22H2,1H3,(H,32,35). The summed E-state index contributed by atoms with van der Waals surface area (Å²) in [5.41, 5.74) is 2.79. The number of nitrogens with one attached hydrogen (secondary N) is 1. The van der Waals surface area contributed by atoms with Crippen LogP contribution >= 0.6 is 11.6 Å². The van der Waals surface area contributed by atoms with Crippen LogP contribution in [0.5, 0.6) is 11.5 Å². The molecule has 3 aromatic carbocycles. The molecule has 4 aromatic rings. The summed E-state index contributed by atoms with van der Waals surface area (Å²) in [5.74, 6) is 2.46. The molecule has 1 amide bonds. The Bertz CT molecular complexity index is 1290. The van der Waals surface area contributed by atoms with Gasteiger partial charge in [-0.05, 0) is 74.2 Å². The van der Waals surface area contributed by atoms with Crippen LogP contribution in [-0.2, 0) is 13.0 Å². The number of benzene rings is 3. The van der Waals surface area contributed by atoms with Crippen molar-refractivity contribution in [1.82, 2.24) is 14.9 Å². The molecular formula is C30H34ClN3O3. The number of imidazole rings is 1. The highest BCUT2D eigenvalue weighted by Gasteiger charge is 2.12. The van der Waals surface area contributed by atoms with Crippen molar-refractivity contribution < 1.29 is 14.3 Å². The summed E-state index contributed by atoms with van der Waals surface area (Å²) in [6.45, 7) is 2.22. The van der Waals surface area contributed by atoms with E-state index >= 15 is 0 Å². The first-order chi connectivity index (χ1) is 18.2. The summed E-state index contributed by atoms with van der Waals surface area (Å²) in [6, 6.07) is 23.1. The number of rotatable bonds is 14. The Morgan fingerprint density at radius 3 is 2.54 bits per heavy atom. The van der Waals surface area contributed by atoms with E-state index in [0.29, 0.717) is 29.5 Å². The van der Waals surface area contributed by atoms with Gasteiger partial charge in [-0.1, -0.05) is 42.3 Å². The van der Waals surface area contributed by atoms with Gasteiger partial charge in [0.05, 0.1) is 30.3 Å². The SMILES string of the molecule is COc1ccccc1C(=O)NCCCCCc1nc2ccccc2n1CCCCOc1ccc(Cl)cc1. The first-order valence-corrected chi connectivity index (χ1v) is 13.3. The lowest BCUT2D eigenvalue weighted by molar-refractivity contribution is 0.0950. The van der Waals surface area contributed by atoms with Crippen LogP contribution in [-0.4, -0.2) is 35.7 Å². The minimum Gasteiger partial charge on any atom is -0.496 e. The third-order valence-electron chi connectivity index (χ3n) is 6.31. The largest absolute Gasteiger partial charge is 0.496 e. The number of fused-ring (bicyclic) bond motifs is 1. The summed E-state index contributed by atoms with van der Waals surface area (Å²) >= 11 is 5.94. The average molecular weight is 520 g/mol. The Hall–Kier alpha value is -3.51. The second-order valence-corrected chi connectivity index (χ2v) is 9.38. The van der Waals surface area contributed by atoms with Gasteiger partial charge in [-0.3, -0.25) is 4.79 Å². The van der Waals surface area contributed by atoms with Crippen molar-refractivity contribution >= 4 is 28.5 Å². The van der Waals surface area contributed by atoms with Crippen LogP contribution in [0.1, 0.15) is 48.3 Å². The Balaban J connectivity index is 1.22. The van der Waals surface area contributed by atoms with Crippen molar-refractivity contribution in [3.63, 3.8) is 0 Å². The zero-order valence-electron chi connectivity index (χ0n) is 21.3. The van der Waals surface area contributed by atoms with Crippen LogP contribution in [0.4, 0.5) is 0 Å². The number of nitrogens with zero attached hydrogens (tertiary/aromatic N) is 2. The van der Waals surface area contributed by atoms with Crippen molar-refractivity contribution in [2.24, 2.45) is 0 Å². The summed E-state index contributed by atoms with van der Waals surface area (Å²) in [6.07, 6.45) is 5.84. The van der Waals surface area contributed by atoms with E-state index in [1.165, 1.54) is 5.52 Å². The molecular weight excluding hydrogens is 486 g/mol. The third-order valence-corrected chi connectivity index (χ3v) is 6.56. The van der Waals surface area contributed by atoms with Crippen LogP contribution in [0.2, 0.25) is 5.02 Å². The molecule has 0 spiro atoms. The number of aromatic nitrogens is 2. The van der Waals surface area contributed by atoms with Gasteiger partial charge >= 0.3 is 0 Å². The van der Waals surface area contributed by atoms with Crippen molar-refractivity contribution in [3.8, 4) is 11.5 Å². The number of para-hydroxylation sites is 3. The Morgan fingerprint density at radius 2 is 1.70 bits per heavy atom. The highest BCUT2D eigenvalue weighted by atomic mass is 35.5. The molecule has 0 aliphatic heterocycles. The minimum absolute atomic E-state index is 0.0979. The number of carbonyl (C=O) groups excluding carboxylic acids is 1. The topological polar surface area (TPSA) is 65.4 Å². The summed E-state index contributed by atoms with van der Waals surface area (Å²) < 4.78 is 13.5. The number of aryl methyl sites for hydroxylation is 2. The van der Waals surface area contributed by atoms with Crippen LogP contribution < -0.4 is 14.8 Å². The summed E-state index contributed by atoms with van der Waals surface area (Å²) in [5, 5.41) is 3.71. The Labute approximate surface area is 223 Å². The van der Waals surface area contributed by atoms with Gasteiger partial charge in [0.2, 0.25) is 0 Å². The van der Waals surface area contributed by atoms with E-state index in [0.717, 1.165) is 62.2 Å². The predicted octanol–water partition coefficient (Wildman–Crippen LogP) is 6.70. The van der Waals surface area contributed by atoms with Crippen molar-refractivity contribution in [2.45, 2.75) is 45.1 Å². The predicted molar refractivity (Wildman–Crippen MR) is 149 cm³/mol. The smallest absolute Gasteiger partial charge is 0.255 e. The molecule has 0 saturated heterocycles. The molecule has 7 heteroatoms. The van der Waals surface area contributed by atoms with Gasteiger partial charge in [-0.2, -0.15) is 0 Å². The number of hydrogen-bond donors (Lipinski definition) is 1. The van der Waals surface area contributed by atoms with E-state index in [-0.39, 0.29) is 5.91 Å². The van der Waals surface area contributed by atoms with Gasteiger partial charge in [-0.25, -0.2) is 4.98 Å². The lowest BCUT2D eigenvalue weighted by atomic mass is 10.1. The van der Waals surface area contributed by atoms with Crippen molar-refractivity contribution in [3.05, 3.63) is 89.2 Å². The molecule has 1 N–H and O–H groups in total. The molecule has 37 heavy (non-hydrogen) atoms. The molecule has 0 bridgehead atoms. The monoisotopic (exact) mass is 519 g/mol. The van der Waals surface area contributed by atoms with Gasteiger partial charge < -0.3 is 19.4 Å². The number of ether oxygens (including phenoxy) is 2. The lowest BCUT2D eigenvalue weighted by Crippen LogP contribution is -2.24. The van der Waals surface area contributed by atoms with E-state index < -0.39 is 0 Å². The normalized spacial score (nSPS) is 11.0. The Morgan fingerprint density at radius 1 is 0.919 bits per heavy atom. The van der Waals surface area contributed by atoms with Gasteiger partial charge in [0.25, 0.3) is 5.91 Å². The first kappa shape index (κ1) is 26.6. The number of amides is 1. The average Bonchev–Trinajstić information content (AvgIpc) is 3.28. The van der Waals surface area contributed by atoms with Gasteiger partial charge in [-0.15, -0.1) is 0 Å². The molecule has 0 fully saturated rings. The number of methoxy groups -OCH3 is 1. The van der Waals surface area contributed by atoms with Crippen LogP contribution in [0, 0.1) is 0 Å². The number of hydrogen-bond acceptors (Lipinski definition) is 4. The molecule has 0 radical (unpaired) electrons. The first-order valence-electron chi connectivity index (χ1n) is 12.9.